The molecule has 0 bridgehead atoms. The van der Waals surface area contributed by atoms with Crippen LogP contribution in [0.1, 0.15) is 111 Å². The smallest absolute Gasteiger partial charge is 0.335 e. The van der Waals surface area contributed by atoms with Gasteiger partial charge in [0.05, 0.1) is 24.4 Å². The molecule has 378 valence electrons. The number of carbonyl (C=O) groups excluding carboxylic acids is 2. The number of carbonyl (C=O) groups is 2. The number of ether oxygens (including phenoxy) is 4. The van der Waals surface area contributed by atoms with Crippen molar-refractivity contribution in [3.05, 3.63) is 169 Å². The van der Waals surface area contributed by atoms with E-state index in [1.165, 1.54) is 38.5 Å². The number of rotatable bonds is 25. The maximum atomic E-state index is 13.4. The highest BCUT2D eigenvalue weighted by molar-refractivity contribution is 7.00. The van der Waals surface area contributed by atoms with E-state index in [2.05, 4.69) is 122 Å². The molecule has 1 saturated carbocycles. The van der Waals surface area contributed by atoms with Crippen LogP contribution in [-0.2, 0) is 27.9 Å². The van der Waals surface area contributed by atoms with Gasteiger partial charge in [-0.3, -0.25) is 0 Å². The predicted octanol–water partition coefficient (Wildman–Crippen LogP) is 11.7. The lowest BCUT2D eigenvalue weighted by atomic mass is 9.77. The molecule has 8 nitrogen and oxygen atoms in total. The van der Waals surface area contributed by atoms with Gasteiger partial charge in [-0.25, -0.2) is 9.59 Å². The summed E-state index contributed by atoms with van der Waals surface area (Å²) in [5.41, 5.74) is 1.65. The van der Waals surface area contributed by atoms with Crippen molar-refractivity contribution < 1.29 is 37.4 Å². The molecule has 1 aliphatic rings. The number of hydrogen-bond donors (Lipinski definition) is 0. The number of unbranched alkanes of at least 4 members (excludes halogenated alkanes) is 2. The largest absolute Gasteiger partial charge is 0.490 e. The fraction of sp³-hybridized carbons (Fsp3) is 0.410. The van der Waals surface area contributed by atoms with E-state index in [0.29, 0.717) is 17.4 Å². The zero-order valence-corrected chi connectivity index (χ0v) is 45.5. The van der Waals surface area contributed by atoms with Gasteiger partial charge in [-0.2, -0.15) is 0 Å². The van der Waals surface area contributed by atoms with Crippen molar-refractivity contribution >= 4 is 49.3 Å². The van der Waals surface area contributed by atoms with Gasteiger partial charge in [-0.05, 0) is 86.0 Å². The highest BCUT2D eigenvalue weighted by atomic mass is 28.4. The molecule has 0 unspecified atom stereocenters. The zero-order chi connectivity index (χ0) is 50.9. The van der Waals surface area contributed by atoms with Crippen LogP contribution in [0.3, 0.4) is 0 Å². The zero-order valence-electron chi connectivity index (χ0n) is 43.5. The third-order valence-corrected chi connectivity index (χ3v) is 23.9. The van der Waals surface area contributed by atoms with Crippen LogP contribution in [0.4, 0.5) is 0 Å². The van der Waals surface area contributed by atoms with Crippen molar-refractivity contribution in [2.45, 2.75) is 116 Å². The van der Waals surface area contributed by atoms with Gasteiger partial charge in [0, 0.05) is 6.07 Å². The average molecular weight is 995 g/mol. The molecule has 71 heavy (non-hydrogen) atoms. The lowest BCUT2D eigenvalue weighted by Crippen LogP contribution is -2.66. The normalized spacial score (nSPS) is 15.4. The Morgan fingerprint density at radius 2 is 0.887 bits per heavy atom. The topological polar surface area (TPSA) is 89.5 Å². The number of esters is 2. The second kappa shape index (κ2) is 25.7. The molecule has 0 N–H and O–H groups in total. The molecule has 5 aromatic carbocycles. The molecule has 10 heteroatoms. The molecule has 1 fully saturated rings. The fourth-order valence-electron chi connectivity index (χ4n) is 10.3. The Morgan fingerprint density at radius 1 is 0.521 bits per heavy atom. The van der Waals surface area contributed by atoms with E-state index >= 15 is 0 Å². The Kier molecular flexibility index (Phi) is 19.9. The molecule has 1 aliphatic carbocycles. The Labute approximate surface area is 427 Å². The van der Waals surface area contributed by atoms with Gasteiger partial charge in [0.25, 0.3) is 16.6 Å². The molecule has 0 aliphatic heterocycles. The van der Waals surface area contributed by atoms with Gasteiger partial charge in [-0.15, -0.1) is 0 Å². The second-order valence-corrected chi connectivity index (χ2v) is 29.6. The van der Waals surface area contributed by atoms with E-state index in [9.17, 15) is 9.59 Å². The van der Waals surface area contributed by atoms with E-state index in [1.54, 1.807) is 0 Å². The Bertz CT molecular complexity index is 2220. The van der Waals surface area contributed by atoms with Gasteiger partial charge in [-0.1, -0.05) is 209 Å². The highest BCUT2D eigenvalue weighted by Crippen LogP contribution is 2.41. The van der Waals surface area contributed by atoms with Gasteiger partial charge in [0.1, 0.15) is 37.9 Å². The molecular formula is C61H78O8Si2. The standard InChI is InChI=1S/C61H78O8Si2/c1-10-11-16-25-49-34-36-50(37-35-49)51-42-52(64-38-40-66-58(62)47(2)45-68-70(60(4,5)6,54-26-17-12-18-27-54)55-28-19-13-20-29-55)44-53(43-51)65-39-41-67-59(63)48(3)46-69-71(61(7,8)9,56-30-21-14-22-31-56)57-32-23-15-24-33-57/h12-15,17-24,26-33,42-44,49-50H,2-3,10-11,16,25,34-41,45-46H2,1,4-9H3. The Balaban J connectivity index is 1.06. The quantitative estimate of drug-likeness (QED) is 0.0247. The summed E-state index contributed by atoms with van der Waals surface area (Å²) in [6.45, 7) is 24.0. The van der Waals surface area contributed by atoms with Gasteiger partial charge in [0.2, 0.25) is 0 Å². The van der Waals surface area contributed by atoms with Gasteiger partial charge in [0.15, 0.2) is 0 Å². The monoisotopic (exact) mass is 995 g/mol. The van der Waals surface area contributed by atoms with Crippen LogP contribution in [0.5, 0.6) is 11.5 Å². The maximum absolute atomic E-state index is 13.4. The summed E-state index contributed by atoms with van der Waals surface area (Å²) in [7, 11) is -5.75. The summed E-state index contributed by atoms with van der Waals surface area (Å²) in [6.07, 6.45) is 9.73. The Hall–Kier alpha value is -5.53. The fourth-order valence-corrected chi connectivity index (χ4v) is 19.4. The molecule has 0 amide bonds. The lowest BCUT2D eigenvalue weighted by Gasteiger charge is -2.43. The van der Waals surface area contributed by atoms with E-state index < -0.39 is 28.6 Å². The van der Waals surface area contributed by atoms with Crippen LogP contribution in [0.15, 0.2) is 164 Å². The molecule has 6 rings (SSSR count). The molecule has 0 radical (unpaired) electrons. The van der Waals surface area contributed by atoms with Crippen LogP contribution in [0.2, 0.25) is 10.1 Å². The first-order chi connectivity index (χ1) is 34.1. The molecular weight excluding hydrogens is 917 g/mol. The van der Waals surface area contributed by atoms with Crippen LogP contribution in [0, 0.1) is 5.92 Å². The molecule has 0 saturated heterocycles. The average Bonchev–Trinajstić information content (AvgIpc) is 3.37. The van der Waals surface area contributed by atoms with Crippen molar-refractivity contribution in [1.29, 1.82) is 0 Å². The lowest BCUT2D eigenvalue weighted by molar-refractivity contribution is -0.141. The van der Waals surface area contributed by atoms with E-state index in [1.807, 2.05) is 78.9 Å². The van der Waals surface area contributed by atoms with Gasteiger partial charge >= 0.3 is 11.9 Å². The summed E-state index contributed by atoms with van der Waals surface area (Å²) >= 11 is 0. The van der Waals surface area contributed by atoms with Crippen LogP contribution < -0.4 is 30.2 Å². The Morgan fingerprint density at radius 3 is 1.23 bits per heavy atom. The van der Waals surface area contributed by atoms with Crippen LogP contribution >= 0.6 is 0 Å². The highest BCUT2D eigenvalue weighted by Gasteiger charge is 2.51. The first kappa shape index (κ1) is 54.8. The summed E-state index contributed by atoms with van der Waals surface area (Å²) in [4.78, 5) is 26.8. The SMILES string of the molecule is C=C(CO[Si](c1ccccc1)(c1ccccc1)C(C)(C)C)C(=O)OCCOc1cc(OCCOC(=O)C(=C)CO[Si](c2ccccc2)(c2ccccc2)C(C)(C)C)cc(C2CCC(CCCCC)CC2)c1. The van der Waals surface area contributed by atoms with Crippen molar-refractivity contribution in [1.82, 2.24) is 0 Å². The van der Waals surface area contributed by atoms with Crippen molar-refractivity contribution in [3.63, 3.8) is 0 Å². The minimum absolute atomic E-state index is 0.0277. The number of hydrogen-bond acceptors (Lipinski definition) is 8. The van der Waals surface area contributed by atoms with Crippen molar-refractivity contribution in [3.8, 4) is 11.5 Å². The third-order valence-electron chi connectivity index (χ3n) is 13.9. The first-order valence-electron chi connectivity index (χ1n) is 25.7. The first-order valence-corrected chi connectivity index (χ1v) is 29.5. The van der Waals surface area contributed by atoms with Crippen molar-refractivity contribution in [2.24, 2.45) is 5.92 Å². The minimum Gasteiger partial charge on any atom is -0.490 e. The second-order valence-electron chi connectivity index (χ2n) is 21.0. The maximum Gasteiger partial charge on any atom is 0.335 e. The third kappa shape index (κ3) is 14.1. The van der Waals surface area contributed by atoms with Crippen LogP contribution in [0.25, 0.3) is 0 Å². The number of benzene rings is 5. The predicted molar refractivity (Wildman–Crippen MR) is 294 cm³/mol. The van der Waals surface area contributed by atoms with Crippen molar-refractivity contribution in [2.75, 3.05) is 39.6 Å². The molecule has 0 heterocycles. The van der Waals surface area contributed by atoms with E-state index in [0.717, 1.165) is 45.1 Å². The summed E-state index contributed by atoms with van der Waals surface area (Å²) in [5.74, 6) is 1.34. The molecule has 0 spiro atoms. The summed E-state index contributed by atoms with van der Waals surface area (Å²) in [5, 5.41) is 4.00. The molecule has 5 aromatic rings. The summed E-state index contributed by atoms with van der Waals surface area (Å²) in [6, 6.07) is 47.3. The van der Waals surface area contributed by atoms with E-state index in [4.69, 9.17) is 27.8 Å². The van der Waals surface area contributed by atoms with Crippen LogP contribution in [-0.4, -0.2) is 68.2 Å². The minimum atomic E-state index is -2.88. The summed E-state index contributed by atoms with van der Waals surface area (Å²) < 4.78 is 37.8. The molecule has 0 aromatic heterocycles. The van der Waals surface area contributed by atoms with Gasteiger partial charge < -0.3 is 27.8 Å². The van der Waals surface area contributed by atoms with E-state index in [-0.39, 0.29) is 60.9 Å². The molecule has 0 atom stereocenters.